The van der Waals surface area contributed by atoms with Crippen LogP contribution in [0.15, 0.2) is 24.3 Å². The number of phenols is 1. The van der Waals surface area contributed by atoms with Gasteiger partial charge >= 0.3 is 0 Å². The number of amides is 1. The zero-order chi connectivity index (χ0) is 12.8. The molecule has 0 saturated carbocycles. The molecule has 1 rings (SSSR count). The molecule has 1 aromatic carbocycles. The number of benzene rings is 1. The van der Waals surface area contributed by atoms with Gasteiger partial charge in [0, 0.05) is 26.7 Å². The second-order valence-corrected chi connectivity index (χ2v) is 3.92. The first-order valence-corrected chi connectivity index (χ1v) is 5.34. The van der Waals surface area contributed by atoms with Crippen molar-refractivity contribution in [2.75, 3.05) is 27.3 Å². The number of aromatic hydroxyl groups is 1. The highest BCUT2D eigenvalue weighted by Crippen LogP contribution is 2.17. The fourth-order valence-corrected chi connectivity index (χ4v) is 1.56. The minimum atomic E-state index is -0.255. The summed E-state index contributed by atoms with van der Waals surface area (Å²) in [6.07, 6.45) is 0. The van der Waals surface area contributed by atoms with E-state index in [0.29, 0.717) is 13.2 Å². The van der Waals surface area contributed by atoms with Gasteiger partial charge in [0.1, 0.15) is 5.75 Å². The molecule has 1 atom stereocenters. The van der Waals surface area contributed by atoms with E-state index in [1.54, 1.807) is 32.4 Å². The summed E-state index contributed by atoms with van der Waals surface area (Å²) in [4.78, 5) is 13.4. The Morgan fingerprint density at radius 2 is 2.18 bits per heavy atom. The highest BCUT2D eigenvalue weighted by atomic mass is 16.5. The van der Waals surface area contributed by atoms with Crippen molar-refractivity contribution in [3.63, 3.8) is 0 Å². The zero-order valence-electron chi connectivity index (χ0n) is 10.1. The summed E-state index contributed by atoms with van der Waals surface area (Å²) in [6, 6.07) is 6.20. The number of carbonyl (C=O) groups excluding carboxylic acids is 1. The molecule has 1 aromatic rings. The molecule has 5 nitrogen and oxygen atoms in total. The molecule has 0 aliphatic carbocycles. The van der Waals surface area contributed by atoms with Crippen molar-refractivity contribution >= 4 is 5.91 Å². The molecule has 1 amide bonds. The van der Waals surface area contributed by atoms with Crippen molar-refractivity contribution in [1.82, 2.24) is 4.90 Å². The Hall–Kier alpha value is -1.59. The summed E-state index contributed by atoms with van der Waals surface area (Å²) >= 11 is 0. The second kappa shape index (κ2) is 6.22. The summed E-state index contributed by atoms with van der Waals surface area (Å²) in [6.45, 7) is 0.763. The summed E-state index contributed by atoms with van der Waals surface area (Å²) < 4.78 is 4.90. The van der Waals surface area contributed by atoms with Gasteiger partial charge in [-0.3, -0.25) is 4.79 Å². The summed E-state index contributed by atoms with van der Waals surface area (Å²) in [5, 5.41) is 9.56. The van der Waals surface area contributed by atoms with E-state index in [1.807, 2.05) is 0 Å². The van der Waals surface area contributed by atoms with Crippen LogP contribution in [0, 0.1) is 0 Å². The first kappa shape index (κ1) is 13.5. The van der Waals surface area contributed by atoms with E-state index in [1.165, 1.54) is 11.0 Å². The maximum absolute atomic E-state index is 12.0. The molecule has 0 radical (unpaired) electrons. The molecule has 0 aromatic heterocycles. The van der Waals surface area contributed by atoms with Crippen molar-refractivity contribution in [2.45, 2.75) is 6.04 Å². The summed E-state index contributed by atoms with van der Waals surface area (Å²) in [5.74, 6) is -0.278. The SMILES string of the molecule is COCC(N)CN(C)C(=O)c1ccccc1O. The van der Waals surface area contributed by atoms with E-state index < -0.39 is 0 Å². The molecule has 1 unspecified atom stereocenters. The molecule has 5 heteroatoms. The first-order chi connectivity index (χ1) is 8.06. The van der Waals surface area contributed by atoms with E-state index in [9.17, 15) is 9.90 Å². The second-order valence-electron chi connectivity index (χ2n) is 3.92. The monoisotopic (exact) mass is 238 g/mol. The number of rotatable bonds is 5. The predicted molar refractivity (Wildman–Crippen MR) is 64.9 cm³/mol. The zero-order valence-corrected chi connectivity index (χ0v) is 10.1. The number of phenolic OH excluding ortho intramolecular Hbond substituents is 1. The number of nitrogens with two attached hydrogens (primary N) is 1. The van der Waals surface area contributed by atoms with Crippen molar-refractivity contribution < 1.29 is 14.6 Å². The van der Waals surface area contributed by atoms with Crippen LogP contribution in [0.5, 0.6) is 5.75 Å². The standard InChI is InChI=1S/C12H18N2O3/c1-14(7-9(13)8-17-2)12(16)10-5-3-4-6-11(10)15/h3-6,9,15H,7-8,13H2,1-2H3. The van der Waals surface area contributed by atoms with Crippen molar-refractivity contribution in [3.05, 3.63) is 29.8 Å². The van der Waals surface area contributed by atoms with E-state index in [4.69, 9.17) is 10.5 Å². The number of para-hydroxylation sites is 1. The van der Waals surface area contributed by atoms with Crippen LogP contribution in [0.4, 0.5) is 0 Å². The number of hydrogen-bond acceptors (Lipinski definition) is 4. The van der Waals surface area contributed by atoms with Crippen LogP contribution in [0.25, 0.3) is 0 Å². The highest BCUT2D eigenvalue weighted by molar-refractivity contribution is 5.96. The number of methoxy groups -OCH3 is 1. The molecule has 0 saturated heterocycles. The number of ether oxygens (including phenoxy) is 1. The van der Waals surface area contributed by atoms with Crippen LogP contribution >= 0.6 is 0 Å². The van der Waals surface area contributed by atoms with Crippen molar-refractivity contribution in [3.8, 4) is 5.75 Å². The molecule has 0 spiro atoms. The lowest BCUT2D eigenvalue weighted by molar-refractivity contribution is 0.0761. The van der Waals surface area contributed by atoms with Gasteiger partial charge in [0.2, 0.25) is 0 Å². The Labute approximate surface area is 101 Å². The Bertz CT molecular complexity index is 382. The Morgan fingerprint density at radius 1 is 1.53 bits per heavy atom. The topological polar surface area (TPSA) is 75.8 Å². The molecule has 0 heterocycles. The minimum Gasteiger partial charge on any atom is -0.507 e. The third kappa shape index (κ3) is 3.72. The lowest BCUT2D eigenvalue weighted by atomic mass is 10.1. The van der Waals surface area contributed by atoms with Crippen LogP contribution in [-0.4, -0.2) is 49.3 Å². The van der Waals surface area contributed by atoms with Gasteiger partial charge in [-0.25, -0.2) is 0 Å². The van der Waals surface area contributed by atoms with Gasteiger partial charge in [-0.05, 0) is 12.1 Å². The van der Waals surface area contributed by atoms with E-state index in [2.05, 4.69) is 0 Å². The van der Waals surface area contributed by atoms with Crippen molar-refractivity contribution in [2.24, 2.45) is 5.73 Å². The molecule has 3 N–H and O–H groups in total. The highest BCUT2D eigenvalue weighted by Gasteiger charge is 2.17. The number of hydrogen-bond donors (Lipinski definition) is 2. The van der Waals surface area contributed by atoms with E-state index >= 15 is 0 Å². The molecule has 0 fully saturated rings. The van der Waals surface area contributed by atoms with Crippen LogP contribution < -0.4 is 5.73 Å². The smallest absolute Gasteiger partial charge is 0.257 e. The first-order valence-electron chi connectivity index (χ1n) is 5.34. The molecular weight excluding hydrogens is 220 g/mol. The van der Waals surface area contributed by atoms with Crippen LogP contribution in [-0.2, 0) is 4.74 Å². The average Bonchev–Trinajstić information content (AvgIpc) is 2.29. The molecule has 0 bridgehead atoms. The summed E-state index contributed by atoms with van der Waals surface area (Å²) in [5.41, 5.74) is 6.04. The Balaban J connectivity index is 2.67. The number of likely N-dealkylation sites (N-methyl/N-ethyl adjacent to an activating group) is 1. The largest absolute Gasteiger partial charge is 0.507 e. The lowest BCUT2D eigenvalue weighted by Crippen LogP contribution is -2.41. The lowest BCUT2D eigenvalue weighted by Gasteiger charge is -2.21. The van der Waals surface area contributed by atoms with Crippen molar-refractivity contribution in [1.29, 1.82) is 0 Å². The Morgan fingerprint density at radius 3 is 2.76 bits per heavy atom. The van der Waals surface area contributed by atoms with Gasteiger partial charge in [-0.1, -0.05) is 12.1 Å². The molecule has 17 heavy (non-hydrogen) atoms. The predicted octanol–water partition coefficient (Wildman–Crippen LogP) is 0.438. The quantitative estimate of drug-likeness (QED) is 0.780. The van der Waals surface area contributed by atoms with E-state index in [-0.39, 0.29) is 23.3 Å². The number of nitrogens with zero attached hydrogens (tertiary/aromatic N) is 1. The maximum Gasteiger partial charge on any atom is 0.257 e. The molecule has 0 aliphatic heterocycles. The fourth-order valence-electron chi connectivity index (χ4n) is 1.56. The van der Waals surface area contributed by atoms with Gasteiger partial charge in [-0.2, -0.15) is 0 Å². The van der Waals surface area contributed by atoms with Gasteiger partial charge in [-0.15, -0.1) is 0 Å². The molecule has 0 aliphatic rings. The third-order valence-electron chi connectivity index (χ3n) is 2.37. The number of carbonyl (C=O) groups is 1. The maximum atomic E-state index is 12.0. The van der Waals surface area contributed by atoms with Crippen LogP contribution in [0.3, 0.4) is 0 Å². The third-order valence-corrected chi connectivity index (χ3v) is 2.37. The van der Waals surface area contributed by atoms with Crippen LogP contribution in [0.1, 0.15) is 10.4 Å². The van der Waals surface area contributed by atoms with Gasteiger partial charge in [0.25, 0.3) is 5.91 Å². The average molecular weight is 238 g/mol. The molecule has 94 valence electrons. The van der Waals surface area contributed by atoms with Gasteiger partial charge in [0.15, 0.2) is 0 Å². The summed E-state index contributed by atoms with van der Waals surface area (Å²) in [7, 11) is 3.20. The Kier molecular flexibility index (Phi) is 4.93. The van der Waals surface area contributed by atoms with Gasteiger partial charge in [0.05, 0.1) is 12.2 Å². The van der Waals surface area contributed by atoms with Gasteiger partial charge < -0.3 is 20.5 Å². The van der Waals surface area contributed by atoms with E-state index in [0.717, 1.165) is 0 Å². The normalized spacial score (nSPS) is 12.2. The molecular formula is C12H18N2O3. The van der Waals surface area contributed by atoms with Crippen LogP contribution in [0.2, 0.25) is 0 Å². The fraction of sp³-hybridized carbons (Fsp3) is 0.417. The minimum absolute atomic E-state index is 0.0235.